The highest BCUT2D eigenvalue weighted by atomic mass is 19.4. The van der Waals surface area contributed by atoms with Crippen molar-refractivity contribution < 1.29 is 23.1 Å². The second kappa shape index (κ2) is 6.80. The Balaban J connectivity index is 1.69. The maximum atomic E-state index is 13.1. The Labute approximate surface area is 158 Å². The van der Waals surface area contributed by atoms with Crippen LogP contribution < -0.4 is 4.90 Å². The van der Waals surface area contributed by atoms with E-state index in [-0.39, 0.29) is 24.2 Å². The molecule has 0 aromatic heterocycles. The molecule has 3 nitrogen and oxygen atoms in total. The lowest BCUT2D eigenvalue weighted by Gasteiger charge is -2.37. The van der Waals surface area contributed by atoms with Crippen LogP contribution in [-0.4, -0.2) is 29.8 Å². The topological polar surface area (TPSA) is 40.5 Å². The molecule has 1 aromatic rings. The highest BCUT2D eigenvalue weighted by Crippen LogP contribution is 2.49. The third-order valence-corrected chi connectivity index (χ3v) is 6.33. The number of rotatable bonds is 2. The highest BCUT2D eigenvalue weighted by molar-refractivity contribution is 6.00. The summed E-state index contributed by atoms with van der Waals surface area (Å²) in [6.07, 6.45) is -4.89. The summed E-state index contributed by atoms with van der Waals surface area (Å²) in [5.41, 5.74) is 1.51. The van der Waals surface area contributed by atoms with Gasteiger partial charge in [0.2, 0.25) is 5.91 Å². The fourth-order valence-electron chi connectivity index (χ4n) is 4.45. The molecular formula is C21H28F3NO2. The minimum absolute atomic E-state index is 0.0194. The Morgan fingerprint density at radius 1 is 1.07 bits per heavy atom. The molecule has 1 aliphatic heterocycles. The minimum Gasteiger partial charge on any atom is -0.383 e. The van der Waals surface area contributed by atoms with Crippen molar-refractivity contribution in [3.63, 3.8) is 0 Å². The number of amides is 1. The number of aliphatic hydroxyl groups excluding tert-OH is 1. The molecule has 0 radical (unpaired) electrons. The number of anilines is 1. The molecule has 2 aliphatic rings. The van der Waals surface area contributed by atoms with Gasteiger partial charge < -0.3 is 10.0 Å². The Morgan fingerprint density at radius 2 is 1.63 bits per heavy atom. The molecule has 1 heterocycles. The number of hydrogen-bond donors (Lipinski definition) is 1. The van der Waals surface area contributed by atoms with Gasteiger partial charge in [0.1, 0.15) is 0 Å². The van der Waals surface area contributed by atoms with Crippen molar-refractivity contribution in [3.05, 3.63) is 29.8 Å². The van der Waals surface area contributed by atoms with E-state index in [0.29, 0.717) is 25.8 Å². The van der Waals surface area contributed by atoms with Gasteiger partial charge in [0.15, 0.2) is 6.10 Å². The number of nitrogens with zero attached hydrogens (tertiary/aromatic N) is 1. The third-order valence-electron chi connectivity index (χ3n) is 6.33. The molecule has 1 aliphatic carbocycles. The van der Waals surface area contributed by atoms with Crippen molar-refractivity contribution >= 4 is 11.6 Å². The molecular weight excluding hydrogens is 355 g/mol. The average Bonchev–Trinajstić information content (AvgIpc) is 2.90. The molecule has 1 N–H and O–H groups in total. The summed E-state index contributed by atoms with van der Waals surface area (Å²) in [6.45, 7) is 6.99. The summed E-state index contributed by atoms with van der Waals surface area (Å²) in [5.74, 6) is -0.783. The molecule has 1 saturated carbocycles. The van der Waals surface area contributed by atoms with Crippen LogP contribution in [0.1, 0.15) is 58.4 Å². The maximum Gasteiger partial charge on any atom is 0.414 e. The molecule has 3 rings (SSSR count). The van der Waals surface area contributed by atoms with Gasteiger partial charge in [0.25, 0.3) is 0 Å². The molecule has 1 amide bonds. The Kier molecular flexibility index (Phi) is 5.08. The van der Waals surface area contributed by atoms with Gasteiger partial charge in [-0.25, -0.2) is 0 Å². The SMILES string of the molecule is CC(C)(C)c1ccc(N2CCC3(CCC([C@@H](O)C(F)(F)F)CC3)C2=O)cc1. The van der Waals surface area contributed by atoms with Crippen LogP contribution in [0.2, 0.25) is 0 Å². The van der Waals surface area contributed by atoms with Crippen LogP contribution >= 0.6 is 0 Å². The number of alkyl halides is 3. The van der Waals surface area contributed by atoms with E-state index < -0.39 is 23.6 Å². The van der Waals surface area contributed by atoms with Gasteiger partial charge in [0, 0.05) is 12.2 Å². The summed E-state index contributed by atoms with van der Waals surface area (Å²) < 4.78 is 38.3. The number of carbonyl (C=O) groups excluding carboxylic acids is 1. The zero-order chi connectivity index (χ0) is 20.0. The summed E-state index contributed by atoms with van der Waals surface area (Å²) in [6, 6.07) is 7.97. The fraction of sp³-hybridized carbons (Fsp3) is 0.667. The Hall–Kier alpha value is -1.56. The molecule has 0 unspecified atom stereocenters. The summed E-state index contributed by atoms with van der Waals surface area (Å²) in [7, 11) is 0. The zero-order valence-electron chi connectivity index (χ0n) is 16.1. The van der Waals surface area contributed by atoms with Crippen LogP contribution in [-0.2, 0) is 10.2 Å². The molecule has 2 fully saturated rings. The average molecular weight is 383 g/mol. The first-order valence-electron chi connectivity index (χ1n) is 9.61. The lowest BCUT2D eigenvalue weighted by atomic mass is 9.68. The summed E-state index contributed by atoms with van der Waals surface area (Å²) in [4.78, 5) is 14.9. The lowest BCUT2D eigenvalue weighted by Crippen LogP contribution is -2.42. The Morgan fingerprint density at radius 3 is 2.11 bits per heavy atom. The second-order valence-electron chi connectivity index (χ2n) is 9.11. The second-order valence-corrected chi connectivity index (χ2v) is 9.11. The van der Waals surface area contributed by atoms with E-state index in [9.17, 15) is 23.1 Å². The van der Waals surface area contributed by atoms with Crippen molar-refractivity contribution in [1.82, 2.24) is 0 Å². The van der Waals surface area contributed by atoms with Gasteiger partial charge in [-0.15, -0.1) is 0 Å². The number of carbonyl (C=O) groups is 1. The number of hydrogen-bond acceptors (Lipinski definition) is 2. The van der Waals surface area contributed by atoms with Gasteiger partial charge in [-0.3, -0.25) is 4.79 Å². The molecule has 1 saturated heterocycles. The first-order valence-corrected chi connectivity index (χ1v) is 9.61. The van der Waals surface area contributed by atoms with Gasteiger partial charge in [0.05, 0.1) is 5.41 Å². The first kappa shape index (κ1) is 20.2. The van der Waals surface area contributed by atoms with Crippen LogP contribution in [0.3, 0.4) is 0 Å². The molecule has 1 spiro atoms. The van der Waals surface area contributed by atoms with Crippen LogP contribution in [0, 0.1) is 11.3 Å². The smallest absolute Gasteiger partial charge is 0.383 e. The molecule has 150 valence electrons. The molecule has 27 heavy (non-hydrogen) atoms. The van der Waals surface area contributed by atoms with Gasteiger partial charge in [-0.1, -0.05) is 32.9 Å². The maximum absolute atomic E-state index is 13.1. The van der Waals surface area contributed by atoms with Crippen molar-refractivity contribution in [2.75, 3.05) is 11.4 Å². The van der Waals surface area contributed by atoms with E-state index in [2.05, 4.69) is 20.8 Å². The monoisotopic (exact) mass is 383 g/mol. The number of halogens is 3. The van der Waals surface area contributed by atoms with E-state index in [4.69, 9.17) is 0 Å². The predicted octanol–water partition coefficient (Wildman–Crippen LogP) is 4.82. The van der Waals surface area contributed by atoms with Crippen LogP contribution in [0.25, 0.3) is 0 Å². The van der Waals surface area contributed by atoms with E-state index in [1.807, 2.05) is 24.3 Å². The van der Waals surface area contributed by atoms with E-state index >= 15 is 0 Å². The highest BCUT2D eigenvalue weighted by Gasteiger charge is 2.52. The van der Waals surface area contributed by atoms with Crippen molar-refractivity contribution in [2.24, 2.45) is 11.3 Å². The fourth-order valence-corrected chi connectivity index (χ4v) is 4.45. The van der Waals surface area contributed by atoms with E-state index in [1.54, 1.807) is 4.90 Å². The lowest BCUT2D eigenvalue weighted by molar-refractivity contribution is -0.223. The van der Waals surface area contributed by atoms with Crippen molar-refractivity contribution in [2.45, 2.75) is 70.6 Å². The van der Waals surface area contributed by atoms with E-state index in [0.717, 1.165) is 5.69 Å². The minimum atomic E-state index is -4.59. The summed E-state index contributed by atoms with van der Waals surface area (Å²) >= 11 is 0. The molecule has 6 heteroatoms. The first-order chi connectivity index (χ1) is 12.4. The molecule has 1 aromatic carbocycles. The van der Waals surface area contributed by atoms with Gasteiger partial charge in [-0.05, 0) is 61.1 Å². The quantitative estimate of drug-likeness (QED) is 0.795. The van der Waals surface area contributed by atoms with Crippen molar-refractivity contribution in [3.8, 4) is 0 Å². The molecule has 0 bridgehead atoms. The van der Waals surface area contributed by atoms with Crippen LogP contribution in [0.15, 0.2) is 24.3 Å². The predicted molar refractivity (Wildman–Crippen MR) is 98.6 cm³/mol. The normalized spacial score (nSPS) is 28.0. The molecule has 1 atom stereocenters. The van der Waals surface area contributed by atoms with Crippen LogP contribution in [0.4, 0.5) is 18.9 Å². The standard InChI is InChI=1S/C21H28F3NO2/c1-19(2,3)15-4-6-16(7-5-15)25-13-12-20(18(25)27)10-8-14(9-11-20)17(26)21(22,23)24/h4-7,14,17,26H,8-13H2,1-3H3/t14?,17-,20?/m1/s1. The third kappa shape index (κ3) is 3.86. The zero-order valence-corrected chi connectivity index (χ0v) is 16.1. The van der Waals surface area contributed by atoms with Gasteiger partial charge in [-0.2, -0.15) is 13.2 Å². The van der Waals surface area contributed by atoms with Crippen molar-refractivity contribution in [1.29, 1.82) is 0 Å². The number of benzene rings is 1. The van der Waals surface area contributed by atoms with Gasteiger partial charge >= 0.3 is 6.18 Å². The van der Waals surface area contributed by atoms with E-state index in [1.165, 1.54) is 5.56 Å². The Bertz CT molecular complexity index is 683. The largest absolute Gasteiger partial charge is 0.414 e. The van der Waals surface area contributed by atoms with Crippen LogP contribution in [0.5, 0.6) is 0 Å². The number of aliphatic hydroxyl groups is 1. The summed E-state index contributed by atoms with van der Waals surface area (Å²) in [5, 5.41) is 9.51.